The minimum atomic E-state index is -0.532. The second kappa shape index (κ2) is 9.57. The number of amides is 1. The third-order valence-corrected chi connectivity index (χ3v) is 5.41. The van der Waals surface area contributed by atoms with Gasteiger partial charge >= 0.3 is 0 Å². The molecule has 0 aliphatic rings. The predicted molar refractivity (Wildman–Crippen MR) is 119 cm³/mol. The number of aromatic nitrogens is 1. The number of methoxy groups -OCH3 is 1. The molecule has 0 spiro atoms. The molecule has 1 aromatic heterocycles. The van der Waals surface area contributed by atoms with Gasteiger partial charge in [0, 0.05) is 28.8 Å². The standard InChI is InChI=1S/C24H18F2N2O3S/c1-30-18-7-3-6-17(11-18)27-23(29)22-14-32-24(28-22)20-9-8-19(12-21(20)26)31-13-15-4-2-5-16(25)10-15/h2-12,14H,13H2,1H3,(H,27,29). The van der Waals surface area contributed by atoms with Gasteiger partial charge in [0.15, 0.2) is 0 Å². The van der Waals surface area contributed by atoms with Crippen molar-refractivity contribution < 1.29 is 23.0 Å². The van der Waals surface area contributed by atoms with Crippen LogP contribution in [0.15, 0.2) is 72.1 Å². The Labute approximate surface area is 187 Å². The minimum Gasteiger partial charge on any atom is -0.497 e. The SMILES string of the molecule is COc1cccc(NC(=O)c2csc(-c3ccc(OCc4cccc(F)c4)cc3F)n2)c1. The zero-order valence-corrected chi connectivity index (χ0v) is 17.8. The Morgan fingerprint density at radius 1 is 1.03 bits per heavy atom. The van der Waals surface area contributed by atoms with Crippen LogP contribution in [0.5, 0.6) is 11.5 Å². The summed E-state index contributed by atoms with van der Waals surface area (Å²) >= 11 is 1.16. The Kier molecular flexibility index (Phi) is 6.42. The van der Waals surface area contributed by atoms with Gasteiger partial charge < -0.3 is 14.8 Å². The number of nitrogens with one attached hydrogen (secondary N) is 1. The molecule has 1 N–H and O–H groups in total. The number of halogens is 2. The van der Waals surface area contributed by atoms with Gasteiger partial charge in [0.2, 0.25) is 0 Å². The van der Waals surface area contributed by atoms with Crippen LogP contribution in [0.4, 0.5) is 14.5 Å². The summed E-state index contributed by atoms with van der Waals surface area (Å²) in [5.74, 6) is -0.374. The molecule has 32 heavy (non-hydrogen) atoms. The van der Waals surface area contributed by atoms with Gasteiger partial charge in [-0.05, 0) is 42.0 Å². The number of anilines is 1. The maximum absolute atomic E-state index is 14.7. The van der Waals surface area contributed by atoms with E-state index in [4.69, 9.17) is 9.47 Å². The molecule has 0 fully saturated rings. The van der Waals surface area contributed by atoms with Gasteiger partial charge in [-0.15, -0.1) is 11.3 Å². The van der Waals surface area contributed by atoms with E-state index in [9.17, 15) is 13.6 Å². The molecule has 1 heterocycles. The van der Waals surface area contributed by atoms with Crippen molar-refractivity contribution in [2.75, 3.05) is 12.4 Å². The van der Waals surface area contributed by atoms with E-state index < -0.39 is 11.7 Å². The van der Waals surface area contributed by atoms with Crippen molar-refractivity contribution in [3.63, 3.8) is 0 Å². The summed E-state index contributed by atoms with van der Waals surface area (Å²) in [6.45, 7) is 0.113. The second-order valence-electron chi connectivity index (χ2n) is 6.78. The highest BCUT2D eigenvalue weighted by molar-refractivity contribution is 7.13. The summed E-state index contributed by atoms with van der Waals surface area (Å²) in [6.07, 6.45) is 0. The van der Waals surface area contributed by atoms with Gasteiger partial charge in [-0.3, -0.25) is 4.79 Å². The van der Waals surface area contributed by atoms with Crippen molar-refractivity contribution in [1.82, 2.24) is 4.98 Å². The highest BCUT2D eigenvalue weighted by atomic mass is 32.1. The Hall–Kier alpha value is -3.78. The van der Waals surface area contributed by atoms with Crippen LogP contribution in [0.3, 0.4) is 0 Å². The maximum Gasteiger partial charge on any atom is 0.275 e. The first-order chi connectivity index (χ1) is 15.5. The average Bonchev–Trinajstić information content (AvgIpc) is 3.28. The number of carbonyl (C=O) groups excluding carboxylic acids is 1. The van der Waals surface area contributed by atoms with E-state index >= 15 is 0 Å². The molecule has 0 aliphatic carbocycles. The van der Waals surface area contributed by atoms with Crippen LogP contribution in [-0.4, -0.2) is 18.0 Å². The molecule has 0 saturated heterocycles. The zero-order chi connectivity index (χ0) is 22.5. The number of nitrogens with zero attached hydrogens (tertiary/aromatic N) is 1. The lowest BCUT2D eigenvalue weighted by Gasteiger charge is -2.08. The fourth-order valence-corrected chi connectivity index (χ4v) is 3.78. The molecule has 4 aromatic rings. The summed E-state index contributed by atoms with van der Waals surface area (Å²) < 4.78 is 38.6. The van der Waals surface area contributed by atoms with Crippen molar-refractivity contribution in [2.24, 2.45) is 0 Å². The molecule has 0 unspecified atom stereocenters. The van der Waals surface area contributed by atoms with Crippen LogP contribution >= 0.6 is 11.3 Å². The van der Waals surface area contributed by atoms with Gasteiger partial charge in [-0.25, -0.2) is 13.8 Å². The normalized spacial score (nSPS) is 10.6. The lowest BCUT2D eigenvalue weighted by Crippen LogP contribution is -2.12. The molecule has 0 bridgehead atoms. The van der Waals surface area contributed by atoms with E-state index in [2.05, 4.69) is 10.3 Å². The number of hydrogen-bond acceptors (Lipinski definition) is 5. The van der Waals surface area contributed by atoms with Crippen molar-refractivity contribution in [1.29, 1.82) is 0 Å². The van der Waals surface area contributed by atoms with Crippen molar-refractivity contribution in [3.8, 4) is 22.1 Å². The second-order valence-corrected chi connectivity index (χ2v) is 7.64. The third kappa shape index (κ3) is 5.09. The van der Waals surface area contributed by atoms with Gasteiger partial charge in [-0.2, -0.15) is 0 Å². The minimum absolute atomic E-state index is 0.113. The van der Waals surface area contributed by atoms with E-state index in [0.717, 1.165) is 11.3 Å². The van der Waals surface area contributed by atoms with Crippen LogP contribution < -0.4 is 14.8 Å². The number of benzene rings is 3. The van der Waals surface area contributed by atoms with Crippen molar-refractivity contribution in [2.45, 2.75) is 6.61 Å². The number of rotatable bonds is 7. The van der Waals surface area contributed by atoms with E-state index in [-0.39, 0.29) is 23.7 Å². The fraction of sp³-hybridized carbons (Fsp3) is 0.0833. The van der Waals surface area contributed by atoms with Crippen molar-refractivity contribution in [3.05, 3.63) is 95.0 Å². The molecule has 0 atom stereocenters. The molecule has 1 amide bonds. The summed E-state index contributed by atoms with van der Waals surface area (Å²) in [7, 11) is 1.54. The number of carbonyl (C=O) groups is 1. The van der Waals surface area contributed by atoms with E-state index in [1.807, 2.05) is 0 Å². The van der Waals surface area contributed by atoms with Crippen LogP contribution in [-0.2, 0) is 6.61 Å². The van der Waals surface area contributed by atoms with Crippen LogP contribution in [0.2, 0.25) is 0 Å². The molecular weight excluding hydrogens is 434 g/mol. The van der Waals surface area contributed by atoms with E-state index in [1.54, 1.807) is 61.0 Å². The molecular formula is C24H18F2N2O3S. The third-order valence-electron chi connectivity index (χ3n) is 4.53. The Morgan fingerprint density at radius 2 is 1.88 bits per heavy atom. The predicted octanol–water partition coefficient (Wildman–Crippen LogP) is 5.93. The molecule has 162 valence electrons. The van der Waals surface area contributed by atoms with E-state index in [1.165, 1.54) is 18.2 Å². The van der Waals surface area contributed by atoms with Crippen molar-refractivity contribution >= 4 is 22.9 Å². The topological polar surface area (TPSA) is 60.5 Å². The first kappa shape index (κ1) is 21.5. The van der Waals surface area contributed by atoms with Gasteiger partial charge in [0.25, 0.3) is 5.91 Å². The summed E-state index contributed by atoms with van der Waals surface area (Å²) in [6, 6.07) is 17.3. The number of ether oxygens (including phenoxy) is 2. The maximum atomic E-state index is 14.7. The first-order valence-corrected chi connectivity index (χ1v) is 10.5. The lowest BCUT2D eigenvalue weighted by atomic mass is 10.2. The lowest BCUT2D eigenvalue weighted by molar-refractivity contribution is 0.102. The molecule has 0 radical (unpaired) electrons. The molecule has 5 nitrogen and oxygen atoms in total. The van der Waals surface area contributed by atoms with E-state index in [0.29, 0.717) is 27.8 Å². The fourth-order valence-electron chi connectivity index (χ4n) is 2.95. The Balaban J connectivity index is 1.44. The van der Waals surface area contributed by atoms with Gasteiger partial charge in [0.1, 0.15) is 40.4 Å². The number of hydrogen-bond donors (Lipinski definition) is 1. The Morgan fingerprint density at radius 3 is 2.66 bits per heavy atom. The Bertz CT molecular complexity index is 1260. The van der Waals surface area contributed by atoms with Gasteiger partial charge in [-0.1, -0.05) is 18.2 Å². The highest BCUT2D eigenvalue weighted by Gasteiger charge is 2.15. The molecule has 3 aromatic carbocycles. The smallest absolute Gasteiger partial charge is 0.275 e. The first-order valence-electron chi connectivity index (χ1n) is 9.60. The largest absolute Gasteiger partial charge is 0.497 e. The van der Waals surface area contributed by atoms with Crippen LogP contribution in [0.1, 0.15) is 16.1 Å². The number of thiazole rings is 1. The quantitative estimate of drug-likeness (QED) is 0.378. The highest BCUT2D eigenvalue weighted by Crippen LogP contribution is 2.29. The monoisotopic (exact) mass is 452 g/mol. The van der Waals surface area contributed by atoms with Crippen LogP contribution in [0, 0.1) is 11.6 Å². The summed E-state index contributed by atoms with van der Waals surface area (Å²) in [4.78, 5) is 16.8. The average molecular weight is 452 g/mol. The molecule has 8 heteroatoms. The molecule has 4 rings (SSSR count). The zero-order valence-electron chi connectivity index (χ0n) is 17.0. The summed E-state index contributed by atoms with van der Waals surface area (Å²) in [5, 5.41) is 4.68. The molecule has 0 saturated carbocycles. The van der Waals surface area contributed by atoms with Gasteiger partial charge in [0.05, 0.1) is 7.11 Å². The summed E-state index contributed by atoms with van der Waals surface area (Å²) in [5.41, 5.74) is 1.64. The molecule has 0 aliphatic heterocycles. The van der Waals surface area contributed by atoms with Crippen LogP contribution in [0.25, 0.3) is 10.6 Å².